The van der Waals surface area contributed by atoms with E-state index in [0.717, 1.165) is 12.0 Å². The predicted molar refractivity (Wildman–Crippen MR) is 88.9 cm³/mol. The summed E-state index contributed by atoms with van der Waals surface area (Å²) in [5, 5.41) is 11.9. The van der Waals surface area contributed by atoms with Gasteiger partial charge in [0.1, 0.15) is 0 Å². The summed E-state index contributed by atoms with van der Waals surface area (Å²) in [5.41, 5.74) is 0.592. The monoisotopic (exact) mass is 315 g/mol. The van der Waals surface area contributed by atoms with Crippen LogP contribution in [0, 0.1) is 0 Å². The molecule has 0 unspecified atom stereocenters. The first-order chi connectivity index (χ1) is 10.8. The zero-order valence-corrected chi connectivity index (χ0v) is 14.5. The van der Waals surface area contributed by atoms with E-state index in [9.17, 15) is 0 Å². The molecule has 0 amide bonds. The highest BCUT2D eigenvalue weighted by molar-refractivity contribution is 5.51. The van der Waals surface area contributed by atoms with Crippen molar-refractivity contribution in [2.45, 2.75) is 64.3 Å². The molecule has 23 heavy (non-hydrogen) atoms. The number of nitrogens with zero attached hydrogens (tertiary/aromatic N) is 2. The first kappa shape index (κ1) is 16.1. The van der Waals surface area contributed by atoms with E-state index in [4.69, 9.17) is 9.15 Å². The Hall–Kier alpha value is -1.72. The molecule has 1 aliphatic rings. The second-order valence-electron chi connectivity index (χ2n) is 7.42. The van der Waals surface area contributed by atoms with E-state index in [0.29, 0.717) is 11.8 Å². The quantitative estimate of drug-likeness (QED) is 0.931. The van der Waals surface area contributed by atoms with Crippen LogP contribution in [-0.2, 0) is 4.74 Å². The Morgan fingerprint density at radius 2 is 1.83 bits per heavy atom. The van der Waals surface area contributed by atoms with Crippen molar-refractivity contribution in [2.75, 3.05) is 0 Å². The van der Waals surface area contributed by atoms with Gasteiger partial charge >= 0.3 is 0 Å². The van der Waals surface area contributed by atoms with E-state index in [1.54, 1.807) is 0 Å². The van der Waals surface area contributed by atoms with Crippen molar-refractivity contribution in [3.05, 3.63) is 36.2 Å². The van der Waals surface area contributed by atoms with Gasteiger partial charge in [-0.3, -0.25) is 0 Å². The molecule has 1 N–H and O–H groups in total. The van der Waals surface area contributed by atoms with E-state index in [1.807, 2.05) is 37.3 Å². The fraction of sp³-hybridized carbons (Fsp3) is 0.556. The molecule has 3 rings (SSSR count). The van der Waals surface area contributed by atoms with Crippen LogP contribution in [0.4, 0.5) is 0 Å². The number of rotatable bonds is 4. The molecule has 1 saturated heterocycles. The maximum atomic E-state index is 6.13. The molecule has 1 fully saturated rings. The van der Waals surface area contributed by atoms with Crippen molar-refractivity contribution in [1.29, 1.82) is 0 Å². The lowest BCUT2D eigenvalue weighted by Crippen LogP contribution is -2.44. The Kier molecular flexibility index (Phi) is 4.02. The SMILES string of the molecule is C[C@H](N[C@@H]1CC(C)(C)OC1(C)C)c1nnc(-c2ccccc2)o1. The molecule has 0 aliphatic carbocycles. The third-order valence-corrected chi connectivity index (χ3v) is 4.36. The molecule has 0 bridgehead atoms. The summed E-state index contributed by atoms with van der Waals surface area (Å²) >= 11 is 0. The van der Waals surface area contributed by atoms with Crippen LogP contribution >= 0.6 is 0 Å². The van der Waals surface area contributed by atoms with Crippen molar-refractivity contribution in [1.82, 2.24) is 15.5 Å². The molecule has 2 atom stereocenters. The normalized spacial score (nSPS) is 23.8. The van der Waals surface area contributed by atoms with E-state index in [1.165, 1.54) is 0 Å². The summed E-state index contributed by atoms with van der Waals surface area (Å²) < 4.78 is 12.0. The summed E-state index contributed by atoms with van der Waals surface area (Å²) in [6.07, 6.45) is 0.948. The Morgan fingerprint density at radius 1 is 1.13 bits per heavy atom. The molecule has 0 spiro atoms. The highest BCUT2D eigenvalue weighted by Gasteiger charge is 2.46. The summed E-state index contributed by atoms with van der Waals surface area (Å²) in [6.45, 7) is 10.5. The molecule has 5 heteroatoms. The number of benzene rings is 1. The molecular weight excluding hydrogens is 290 g/mol. The molecule has 0 saturated carbocycles. The first-order valence-corrected chi connectivity index (χ1v) is 8.12. The van der Waals surface area contributed by atoms with E-state index < -0.39 is 0 Å². The van der Waals surface area contributed by atoms with Crippen molar-refractivity contribution in [3.63, 3.8) is 0 Å². The van der Waals surface area contributed by atoms with E-state index in [2.05, 4.69) is 43.2 Å². The van der Waals surface area contributed by atoms with Crippen LogP contribution in [0.5, 0.6) is 0 Å². The van der Waals surface area contributed by atoms with Crippen molar-refractivity contribution >= 4 is 0 Å². The number of aromatic nitrogens is 2. The summed E-state index contributed by atoms with van der Waals surface area (Å²) in [5.74, 6) is 1.15. The van der Waals surface area contributed by atoms with Gasteiger partial charge in [0.05, 0.1) is 17.2 Å². The van der Waals surface area contributed by atoms with Gasteiger partial charge in [0.25, 0.3) is 0 Å². The highest BCUT2D eigenvalue weighted by atomic mass is 16.5. The first-order valence-electron chi connectivity index (χ1n) is 8.12. The van der Waals surface area contributed by atoms with Gasteiger partial charge in [0, 0.05) is 11.6 Å². The van der Waals surface area contributed by atoms with Gasteiger partial charge < -0.3 is 14.5 Å². The van der Waals surface area contributed by atoms with Crippen molar-refractivity contribution in [2.24, 2.45) is 0 Å². The largest absolute Gasteiger partial charge is 0.419 e. The maximum absolute atomic E-state index is 6.13. The van der Waals surface area contributed by atoms with Gasteiger partial charge in [-0.05, 0) is 53.2 Å². The van der Waals surface area contributed by atoms with Crippen LogP contribution in [0.3, 0.4) is 0 Å². The second-order valence-corrected chi connectivity index (χ2v) is 7.42. The average molecular weight is 315 g/mol. The lowest BCUT2D eigenvalue weighted by Gasteiger charge is -2.29. The molecule has 1 aromatic carbocycles. The second kappa shape index (κ2) is 5.73. The van der Waals surface area contributed by atoms with Gasteiger partial charge in [-0.2, -0.15) is 0 Å². The van der Waals surface area contributed by atoms with Gasteiger partial charge in [-0.25, -0.2) is 0 Å². The van der Waals surface area contributed by atoms with E-state index in [-0.39, 0.29) is 23.3 Å². The molecule has 2 aromatic rings. The van der Waals surface area contributed by atoms with Crippen LogP contribution in [0.25, 0.3) is 11.5 Å². The smallest absolute Gasteiger partial charge is 0.247 e. The lowest BCUT2D eigenvalue weighted by molar-refractivity contribution is -0.0705. The zero-order valence-electron chi connectivity index (χ0n) is 14.5. The van der Waals surface area contributed by atoms with Crippen molar-refractivity contribution in [3.8, 4) is 11.5 Å². The number of ether oxygens (including phenoxy) is 1. The van der Waals surface area contributed by atoms with Gasteiger partial charge in [-0.1, -0.05) is 18.2 Å². The molecule has 1 aliphatic heterocycles. The van der Waals surface area contributed by atoms with Gasteiger partial charge in [0.2, 0.25) is 11.8 Å². The van der Waals surface area contributed by atoms with Crippen LogP contribution in [0.2, 0.25) is 0 Å². The molecule has 124 valence electrons. The Labute approximate surface area is 137 Å². The van der Waals surface area contributed by atoms with Crippen molar-refractivity contribution < 1.29 is 9.15 Å². The summed E-state index contributed by atoms with van der Waals surface area (Å²) in [6, 6.07) is 10.0. The van der Waals surface area contributed by atoms with Crippen LogP contribution in [-0.4, -0.2) is 27.4 Å². The molecule has 0 radical (unpaired) electrons. The Balaban J connectivity index is 1.72. The fourth-order valence-electron chi connectivity index (χ4n) is 3.30. The predicted octanol–water partition coefficient (Wildman–Crippen LogP) is 3.73. The van der Waals surface area contributed by atoms with Gasteiger partial charge in [-0.15, -0.1) is 10.2 Å². The van der Waals surface area contributed by atoms with Gasteiger partial charge in [0.15, 0.2) is 0 Å². The summed E-state index contributed by atoms with van der Waals surface area (Å²) in [7, 11) is 0. The zero-order chi connectivity index (χ0) is 16.7. The molecule has 1 aromatic heterocycles. The van der Waals surface area contributed by atoms with Crippen LogP contribution < -0.4 is 5.32 Å². The number of hydrogen-bond donors (Lipinski definition) is 1. The van der Waals surface area contributed by atoms with Crippen LogP contribution in [0.15, 0.2) is 34.7 Å². The third kappa shape index (κ3) is 3.46. The topological polar surface area (TPSA) is 60.2 Å². The standard InChI is InChI=1S/C18H25N3O2/c1-12(19-14-11-17(2,3)23-18(14,4)5)15-20-21-16(22-15)13-9-7-6-8-10-13/h6-10,12,14,19H,11H2,1-5H3/t12-,14+/m0/s1. The molecule has 5 nitrogen and oxygen atoms in total. The van der Waals surface area contributed by atoms with Crippen LogP contribution in [0.1, 0.15) is 53.0 Å². The minimum Gasteiger partial charge on any atom is -0.419 e. The Morgan fingerprint density at radius 3 is 2.43 bits per heavy atom. The lowest BCUT2D eigenvalue weighted by atomic mass is 9.94. The third-order valence-electron chi connectivity index (χ3n) is 4.36. The van der Waals surface area contributed by atoms with E-state index >= 15 is 0 Å². The minimum absolute atomic E-state index is 0.0262. The maximum Gasteiger partial charge on any atom is 0.247 e. The molecule has 2 heterocycles. The highest BCUT2D eigenvalue weighted by Crippen LogP contribution is 2.38. The Bertz CT molecular complexity index is 664. The number of hydrogen-bond acceptors (Lipinski definition) is 5. The fourth-order valence-corrected chi connectivity index (χ4v) is 3.30. The molecular formula is C18H25N3O2. The average Bonchev–Trinajstić information content (AvgIpc) is 3.02. The number of nitrogens with one attached hydrogen (secondary N) is 1. The minimum atomic E-state index is -0.222. The summed E-state index contributed by atoms with van der Waals surface area (Å²) in [4.78, 5) is 0.